The number of aromatic nitrogens is 1. The van der Waals surface area contributed by atoms with Crippen LogP contribution in [0.4, 0.5) is 0 Å². The molecule has 2 nitrogen and oxygen atoms in total. The Kier molecular flexibility index (Phi) is 2.45. The van der Waals surface area contributed by atoms with Gasteiger partial charge in [-0.3, -0.25) is 4.98 Å². The van der Waals surface area contributed by atoms with Gasteiger partial charge in [0.25, 0.3) is 0 Å². The zero-order chi connectivity index (χ0) is 11.0. The fourth-order valence-corrected chi connectivity index (χ4v) is 2.16. The molecule has 0 aliphatic carbocycles. The van der Waals surface area contributed by atoms with Crippen LogP contribution in [0.3, 0.4) is 0 Å². The maximum absolute atomic E-state index is 5.62. The number of rotatable bonds is 1. The number of hydrogen-bond acceptors (Lipinski definition) is 2. The number of fused-ring (bicyclic) bond motifs is 1. The van der Waals surface area contributed by atoms with Crippen molar-refractivity contribution in [1.82, 2.24) is 4.98 Å². The lowest BCUT2D eigenvalue weighted by Crippen LogP contribution is -2.01. The van der Waals surface area contributed by atoms with E-state index in [9.17, 15) is 0 Å². The lowest BCUT2D eigenvalue weighted by atomic mass is 10.0. The Morgan fingerprint density at radius 3 is 2.40 bits per heavy atom. The summed E-state index contributed by atoms with van der Waals surface area (Å²) in [5, 5.41) is 1.26. The Morgan fingerprint density at radius 2 is 1.73 bits per heavy atom. The quantitative estimate of drug-likeness (QED) is 0.768. The van der Waals surface area contributed by atoms with Crippen LogP contribution in [0.25, 0.3) is 10.9 Å². The summed E-state index contributed by atoms with van der Waals surface area (Å²) in [5.74, 6) is 0. The first-order valence-corrected chi connectivity index (χ1v) is 5.19. The molecule has 2 aromatic rings. The Labute approximate surface area is 90.1 Å². The third kappa shape index (κ3) is 1.73. The Morgan fingerprint density at radius 1 is 1.07 bits per heavy atom. The van der Waals surface area contributed by atoms with E-state index in [0.717, 1.165) is 11.2 Å². The first-order valence-electron chi connectivity index (χ1n) is 5.19. The monoisotopic (exact) mass is 200 g/mol. The molecule has 2 rings (SSSR count). The van der Waals surface area contributed by atoms with Gasteiger partial charge >= 0.3 is 0 Å². The first kappa shape index (κ1) is 10.1. The van der Waals surface area contributed by atoms with Crippen molar-refractivity contribution in [2.75, 3.05) is 0 Å². The van der Waals surface area contributed by atoms with Crippen molar-refractivity contribution in [3.8, 4) is 0 Å². The third-order valence-corrected chi connectivity index (χ3v) is 2.71. The predicted molar refractivity (Wildman–Crippen MR) is 63.8 cm³/mol. The number of nitrogens with two attached hydrogens (primary N) is 1. The first-order chi connectivity index (χ1) is 7.11. The number of benzene rings is 1. The standard InChI is InChI=1S/C13H16N2/c1-8-4-9(2)13-10(3)6-11(7-14)15-12(13)5-8/h4-6H,7,14H2,1-3H3. The minimum absolute atomic E-state index is 0.504. The molecule has 78 valence electrons. The van der Waals surface area contributed by atoms with Gasteiger partial charge in [-0.05, 0) is 49.6 Å². The predicted octanol–water partition coefficient (Wildman–Crippen LogP) is 2.62. The van der Waals surface area contributed by atoms with E-state index in [0.29, 0.717) is 6.54 Å². The Hall–Kier alpha value is -1.41. The van der Waals surface area contributed by atoms with Crippen molar-refractivity contribution in [3.63, 3.8) is 0 Å². The molecule has 0 amide bonds. The zero-order valence-electron chi connectivity index (χ0n) is 9.46. The molecule has 2 N–H and O–H groups in total. The molecule has 0 unspecified atom stereocenters. The van der Waals surface area contributed by atoms with Crippen molar-refractivity contribution in [1.29, 1.82) is 0 Å². The molecule has 0 atom stereocenters. The molecule has 0 radical (unpaired) electrons. The van der Waals surface area contributed by atoms with Gasteiger partial charge in [0.15, 0.2) is 0 Å². The number of pyridine rings is 1. The number of hydrogen-bond donors (Lipinski definition) is 1. The van der Waals surface area contributed by atoms with Crippen molar-refractivity contribution in [2.24, 2.45) is 5.73 Å². The van der Waals surface area contributed by atoms with Gasteiger partial charge in [0.1, 0.15) is 0 Å². The summed E-state index contributed by atoms with van der Waals surface area (Å²) in [7, 11) is 0. The second-order valence-corrected chi connectivity index (χ2v) is 4.11. The van der Waals surface area contributed by atoms with E-state index in [1.54, 1.807) is 0 Å². The number of nitrogens with zero attached hydrogens (tertiary/aromatic N) is 1. The minimum atomic E-state index is 0.504. The maximum atomic E-state index is 5.62. The van der Waals surface area contributed by atoms with Crippen LogP contribution in [0.5, 0.6) is 0 Å². The van der Waals surface area contributed by atoms with Crippen molar-refractivity contribution in [3.05, 3.63) is 40.6 Å². The molecule has 1 heterocycles. The summed E-state index contributed by atoms with van der Waals surface area (Å²) >= 11 is 0. The molecule has 0 saturated carbocycles. The van der Waals surface area contributed by atoms with Crippen LogP contribution in [-0.4, -0.2) is 4.98 Å². The molecule has 2 heteroatoms. The molecule has 0 aliphatic rings. The molecule has 1 aromatic heterocycles. The van der Waals surface area contributed by atoms with Gasteiger partial charge in [0.05, 0.1) is 11.2 Å². The molecule has 0 spiro atoms. The summed E-state index contributed by atoms with van der Waals surface area (Å²) in [6, 6.07) is 6.39. The second kappa shape index (κ2) is 3.63. The van der Waals surface area contributed by atoms with Crippen LogP contribution >= 0.6 is 0 Å². The highest BCUT2D eigenvalue weighted by molar-refractivity contribution is 5.86. The highest BCUT2D eigenvalue weighted by Gasteiger charge is 2.05. The van der Waals surface area contributed by atoms with Gasteiger partial charge in [-0.25, -0.2) is 0 Å². The van der Waals surface area contributed by atoms with Crippen molar-refractivity contribution in [2.45, 2.75) is 27.3 Å². The lowest BCUT2D eigenvalue weighted by molar-refractivity contribution is 1.00. The topological polar surface area (TPSA) is 38.9 Å². The number of aryl methyl sites for hydroxylation is 3. The summed E-state index contributed by atoms with van der Waals surface area (Å²) in [6.07, 6.45) is 0. The van der Waals surface area contributed by atoms with Crippen molar-refractivity contribution >= 4 is 10.9 Å². The van der Waals surface area contributed by atoms with Crippen LogP contribution in [0.2, 0.25) is 0 Å². The summed E-state index contributed by atoms with van der Waals surface area (Å²) in [4.78, 5) is 4.55. The van der Waals surface area contributed by atoms with E-state index in [2.05, 4.69) is 44.0 Å². The van der Waals surface area contributed by atoms with Gasteiger partial charge < -0.3 is 5.73 Å². The maximum Gasteiger partial charge on any atom is 0.0713 e. The molecule has 0 aliphatic heterocycles. The molecular formula is C13H16N2. The fraction of sp³-hybridized carbons (Fsp3) is 0.308. The molecular weight excluding hydrogens is 184 g/mol. The van der Waals surface area contributed by atoms with E-state index in [-0.39, 0.29) is 0 Å². The van der Waals surface area contributed by atoms with Crippen LogP contribution < -0.4 is 5.73 Å². The highest BCUT2D eigenvalue weighted by atomic mass is 14.7. The molecule has 0 saturated heterocycles. The SMILES string of the molecule is Cc1cc(C)c2c(C)cc(CN)nc2c1. The Balaban J connectivity index is 2.85. The van der Waals surface area contributed by atoms with Crippen LogP contribution in [-0.2, 0) is 6.54 Å². The van der Waals surface area contributed by atoms with E-state index in [1.165, 1.54) is 22.1 Å². The fourth-order valence-electron chi connectivity index (χ4n) is 2.16. The largest absolute Gasteiger partial charge is 0.325 e. The normalized spacial score (nSPS) is 10.9. The zero-order valence-corrected chi connectivity index (χ0v) is 9.46. The average Bonchev–Trinajstić information content (AvgIpc) is 2.15. The lowest BCUT2D eigenvalue weighted by Gasteiger charge is -2.08. The van der Waals surface area contributed by atoms with Crippen LogP contribution in [0.15, 0.2) is 18.2 Å². The van der Waals surface area contributed by atoms with Gasteiger partial charge in [0, 0.05) is 11.9 Å². The van der Waals surface area contributed by atoms with Crippen LogP contribution in [0, 0.1) is 20.8 Å². The van der Waals surface area contributed by atoms with E-state index in [4.69, 9.17) is 5.73 Å². The van der Waals surface area contributed by atoms with E-state index in [1.807, 2.05) is 0 Å². The van der Waals surface area contributed by atoms with E-state index >= 15 is 0 Å². The minimum Gasteiger partial charge on any atom is -0.325 e. The van der Waals surface area contributed by atoms with Crippen LogP contribution in [0.1, 0.15) is 22.4 Å². The van der Waals surface area contributed by atoms with Gasteiger partial charge in [0.2, 0.25) is 0 Å². The molecule has 15 heavy (non-hydrogen) atoms. The summed E-state index contributed by atoms with van der Waals surface area (Å²) in [5.41, 5.74) is 11.5. The molecule has 0 fully saturated rings. The van der Waals surface area contributed by atoms with Gasteiger partial charge in [-0.15, -0.1) is 0 Å². The summed E-state index contributed by atoms with van der Waals surface area (Å²) < 4.78 is 0. The smallest absolute Gasteiger partial charge is 0.0713 e. The van der Waals surface area contributed by atoms with Gasteiger partial charge in [-0.2, -0.15) is 0 Å². The van der Waals surface area contributed by atoms with Gasteiger partial charge in [-0.1, -0.05) is 6.07 Å². The molecule has 1 aromatic carbocycles. The molecule has 0 bridgehead atoms. The van der Waals surface area contributed by atoms with Crippen molar-refractivity contribution < 1.29 is 0 Å². The second-order valence-electron chi connectivity index (χ2n) is 4.11. The summed E-state index contributed by atoms with van der Waals surface area (Å²) in [6.45, 7) is 6.85. The highest BCUT2D eigenvalue weighted by Crippen LogP contribution is 2.23. The van der Waals surface area contributed by atoms with E-state index < -0.39 is 0 Å². The average molecular weight is 200 g/mol. The Bertz CT molecular complexity index is 515. The third-order valence-electron chi connectivity index (χ3n) is 2.71.